The highest BCUT2D eigenvalue weighted by molar-refractivity contribution is 7.92. The number of nitrogens with zero attached hydrogens (tertiary/aromatic N) is 1. The molecular weight excluding hydrogens is 350 g/mol. The summed E-state index contributed by atoms with van der Waals surface area (Å²) in [6.07, 6.45) is 0.363. The molecule has 8 heteroatoms. The molecule has 2 aliphatic rings. The van der Waals surface area contributed by atoms with Crippen molar-refractivity contribution in [2.24, 2.45) is 5.92 Å². The molecular formula is C17H22F2N2O3S. The van der Waals surface area contributed by atoms with E-state index in [2.05, 4.69) is 5.32 Å². The fourth-order valence-corrected chi connectivity index (χ4v) is 5.17. The van der Waals surface area contributed by atoms with Gasteiger partial charge >= 0.3 is 6.03 Å². The van der Waals surface area contributed by atoms with Crippen LogP contribution in [-0.4, -0.2) is 49.7 Å². The molecule has 1 N–H and O–H groups in total. The van der Waals surface area contributed by atoms with Crippen LogP contribution in [0.15, 0.2) is 35.2 Å². The maximum atomic E-state index is 13.5. The number of halogens is 2. The molecule has 5 nitrogen and oxygen atoms in total. The molecule has 0 radical (unpaired) electrons. The van der Waals surface area contributed by atoms with Gasteiger partial charge in [0, 0.05) is 31.5 Å². The third-order valence-corrected chi connectivity index (χ3v) is 7.34. The Morgan fingerprint density at radius 2 is 1.88 bits per heavy atom. The standard InChI is InChI=1S/C17H22F2N2O3S/c1-12-11-21(8-7-17(12,18)19)16(22)20-13-9-15(10-13)25(23,24)14-5-3-2-4-6-14/h2-6,12-13,15H,7-11H2,1H3,(H,20,22). The van der Waals surface area contributed by atoms with Gasteiger partial charge in [-0.2, -0.15) is 0 Å². The van der Waals surface area contributed by atoms with Crippen LogP contribution >= 0.6 is 0 Å². The van der Waals surface area contributed by atoms with E-state index in [1.54, 1.807) is 30.3 Å². The van der Waals surface area contributed by atoms with Crippen molar-refractivity contribution in [2.75, 3.05) is 13.1 Å². The monoisotopic (exact) mass is 372 g/mol. The van der Waals surface area contributed by atoms with Crippen LogP contribution in [0.25, 0.3) is 0 Å². The number of hydrogen-bond donors (Lipinski definition) is 1. The van der Waals surface area contributed by atoms with E-state index in [4.69, 9.17) is 0 Å². The number of likely N-dealkylation sites (tertiary alicyclic amines) is 1. The number of carbonyl (C=O) groups excluding carboxylic acids is 1. The molecule has 0 bridgehead atoms. The fourth-order valence-electron chi connectivity index (χ4n) is 3.28. The lowest BCUT2D eigenvalue weighted by Crippen LogP contribution is -2.56. The number of sulfone groups is 1. The van der Waals surface area contributed by atoms with Crippen molar-refractivity contribution in [1.82, 2.24) is 10.2 Å². The van der Waals surface area contributed by atoms with Gasteiger partial charge in [-0.25, -0.2) is 22.0 Å². The van der Waals surface area contributed by atoms with Crippen LogP contribution in [0, 0.1) is 5.92 Å². The van der Waals surface area contributed by atoms with Crippen LogP contribution in [0.4, 0.5) is 13.6 Å². The van der Waals surface area contributed by atoms with Gasteiger partial charge in [-0.1, -0.05) is 25.1 Å². The van der Waals surface area contributed by atoms with Crippen molar-refractivity contribution in [3.63, 3.8) is 0 Å². The Morgan fingerprint density at radius 3 is 2.48 bits per heavy atom. The molecule has 1 atom stereocenters. The van der Waals surface area contributed by atoms with Crippen molar-refractivity contribution in [3.05, 3.63) is 30.3 Å². The Labute approximate surface area is 146 Å². The molecule has 138 valence electrons. The number of urea groups is 1. The van der Waals surface area contributed by atoms with Crippen LogP contribution in [-0.2, 0) is 9.84 Å². The van der Waals surface area contributed by atoms with Gasteiger partial charge in [0.1, 0.15) is 0 Å². The minimum absolute atomic E-state index is 0.0112. The lowest BCUT2D eigenvalue weighted by Gasteiger charge is -2.40. The molecule has 25 heavy (non-hydrogen) atoms. The zero-order valence-electron chi connectivity index (χ0n) is 14.0. The predicted molar refractivity (Wildman–Crippen MR) is 89.3 cm³/mol. The number of nitrogens with one attached hydrogen (secondary N) is 1. The summed E-state index contributed by atoms with van der Waals surface area (Å²) in [7, 11) is -3.38. The second kappa shape index (κ2) is 6.55. The number of carbonyl (C=O) groups is 1. The largest absolute Gasteiger partial charge is 0.335 e. The molecule has 0 spiro atoms. The quantitative estimate of drug-likeness (QED) is 0.887. The number of alkyl halides is 2. The number of benzene rings is 1. The maximum absolute atomic E-state index is 13.5. The van der Waals surface area contributed by atoms with Gasteiger partial charge in [-0.05, 0) is 25.0 Å². The van der Waals surface area contributed by atoms with Crippen molar-refractivity contribution >= 4 is 15.9 Å². The van der Waals surface area contributed by atoms with Crippen molar-refractivity contribution in [1.29, 1.82) is 0 Å². The van der Waals surface area contributed by atoms with Crippen LogP contribution in [0.5, 0.6) is 0 Å². The first kappa shape index (κ1) is 18.1. The third kappa shape index (κ3) is 3.63. The summed E-state index contributed by atoms with van der Waals surface area (Å²) in [5.74, 6) is -3.61. The molecule has 1 unspecified atom stereocenters. The molecule has 1 saturated carbocycles. The average Bonchev–Trinajstić information content (AvgIpc) is 2.53. The molecule has 3 rings (SSSR count). The Hall–Kier alpha value is -1.70. The van der Waals surface area contributed by atoms with Crippen LogP contribution < -0.4 is 5.32 Å². The van der Waals surface area contributed by atoms with E-state index in [0.717, 1.165) is 0 Å². The third-order valence-electron chi connectivity index (χ3n) is 5.15. The van der Waals surface area contributed by atoms with Crippen molar-refractivity contribution in [3.8, 4) is 0 Å². The molecule has 1 aliphatic heterocycles. The highest BCUT2D eigenvalue weighted by Crippen LogP contribution is 2.34. The van der Waals surface area contributed by atoms with Gasteiger partial charge in [-0.15, -0.1) is 0 Å². The second-order valence-electron chi connectivity index (χ2n) is 6.96. The molecule has 1 aromatic carbocycles. The maximum Gasteiger partial charge on any atom is 0.317 e. The first-order valence-electron chi connectivity index (χ1n) is 8.42. The zero-order valence-corrected chi connectivity index (χ0v) is 14.8. The average molecular weight is 372 g/mol. The first-order chi connectivity index (χ1) is 11.7. The number of hydrogen-bond acceptors (Lipinski definition) is 3. The second-order valence-corrected chi connectivity index (χ2v) is 9.18. The summed E-state index contributed by atoms with van der Waals surface area (Å²) < 4.78 is 51.9. The molecule has 2 amide bonds. The Morgan fingerprint density at radius 1 is 1.24 bits per heavy atom. The van der Waals surface area contributed by atoms with Gasteiger partial charge in [0.2, 0.25) is 0 Å². The van der Waals surface area contributed by atoms with Gasteiger partial charge in [-0.3, -0.25) is 0 Å². The summed E-state index contributed by atoms with van der Waals surface area (Å²) in [4.78, 5) is 13.9. The number of piperidine rings is 1. The number of amides is 2. The predicted octanol–water partition coefficient (Wildman–Crippen LogP) is 2.68. The van der Waals surface area contributed by atoms with E-state index in [0.29, 0.717) is 12.8 Å². The van der Waals surface area contributed by atoms with Gasteiger partial charge in [0.15, 0.2) is 9.84 Å². The SMILES string of the molecule is CC1CN(C(=O)NC2CC(S(=O)(=O)c3ccccc3)C2)CCC1(F)F. The molecule has 1 aliphatic carbocycles. The molecule has 1 aromatic rings. The Kier molecular flexibility index (Phi) is 4.74. The highest BCUT2D eigenvalue weighted by Gasteiger charge is 2.44. The van der Waals surface area contributed by atoms with Gasteiger partial charge < -0.3 is 10.2 Å². The summed E-state index contributed by atoms with van der Waals surface area (Å²) in [5.41, 5.74) is 0. The Bertz CT molecular complexity index is 734. The molecule has 2 fully saturated rings. The van der Waals surface area contributed by atoms with Crippen LogP contribution in [0.3, 0.4) is 0 Å². The van der Waals surface area contributed by atoms with Gasteiger partial charge in [0.05, 0.1) is 10.1 Å². The fraction of sp³-hybridized carbons (Fsp3) is 0.588. The van der Waals surface area contributed by atoms with Crippen molar-refractivity contribution in [2.45, 2.75) is 48.3 Å². The van der Waals surface area contributed by atoms with E-state index < -0.39 is 26.9 Å². The van der Waals surface area contributed by atoms with E-state index in [1.807, 2.05) is 0 Å². The summed E-state index contributed by atoms with van der Waals surface area (Å²) >= 11 is 0. The molecule has 1 heterocycles. The summed E-state index contributed by atoms with van der Waals surface area (Å²) in [5, 5.41) is 2.26. The molecule has 0 aromatic heterocycles. The lowest BCUT2D eigenvalue weighted by molar-refractivity contribution is -0.0908. The summed E-state index contributed by atoms with van der Waals surface area (Å²) in [6, 6.07) is 7.63. The normalized spacial score (nSPS) is 28.9. The highest BCUT2D eigenvalue weighted by atomic mass is 32.2. The van der Waals surface area contributed by atoms with E-state index in [1.165, 1.54) is 11.8 Å². The zero-order chi connectivity index (χ0) is 18.2. The smallest absolute Gasteiger partial charge is 0.317 e. The minimum Gasteiger partial charge on any atom is -0.335 e. The topological polar surface area (TPSA) is 66.5 Å². The van der Waals surface area contributed by atoms with E-state index in [9.17, 15) is 22.0 Å². The van der Waals surface area contributed by atoms with Crippen LogP contribution in [0.2, 0.25) is 0 Å². The lowest BCUT2D eigenvalue weighted by atomic mass is 9.92. The van der Waals surface area contributed by atoms with Crippen molar-refractivity contribution < 1.29 is 22.0 Å². The first-order valence-corrected chi connectivity index (χ1v) is 9.97. The minimum atomic E-state index is -3.38. The van der Waals surface area contributed by atoms with Gasteiger partial charge in [0.25, 0.3) is 5.92 Å². The van der Waals surface area contributed by atoms with E-state index >= 15 is 0 Å². The Balaban J connectivity index is 1.52. The van der Waals surface area contributed by atoms with E-state index in [-0.39, 0.29) is 36.5 Å². The molecule has 1 saturated heterocycles. The summed E-state index contributed by atoms with van der Waals surface area (Å²) in [6.45, 7) is 1.46. The van der Waals surface area contributed by atoms with Crippen LogP contribution in [0.1, 0.15) is 26.2 Å². The number of rotatable bonds is 3.